The number of fused-ring (bicyclic) bond motifs is 1. The summed E-state index contributed by atoms with van der Waals surface area (Å²) in [7, 11) is 0. The molecule has 3 aromatic rings. The number of hydrogen-bond donors (Lipinski definition) is 1. The van der Waals surface area contributed by atoms with Gasteiger partial charge in [-0.15, -0.1) is 11.8 Å². The van der Waals surface area contributed by atoms with Crippen LogP contribution in [-0.4, -0.2) is 46.2 Å². The summed E-state index contributed by atoms with van der Waals surface area (Å²) in [4.78, 5) is 28.7. The van der Waals surface area contributed by atoms with Crippen molar-refractivity contribution in [3.63, 3.8) is 0 Å². The third kappa shape index (κ3) is 5.44. The zero-order valence-electron chi connectivity index (χ0n) is 19.5. The van der Waals surface area contributed by atoms with E-state index in [1.165, 1.54) is 6.42 Å². The standard InChI is InChI=1S/C27H33N3O2S/c1-3-21-11-8-9-16-30(21)26(31)19-33-25-18-29(24-14-7-6-13-23(24)25)17-15-28-27(32)22-12-5-4-10-20(22)2/h4-7,10,12-14,18,21H,3,8-9,11,15-17,19H2,1-2H3,(H,28,32). The first-order chi connectivity index (χ1) is 16.1. The summed E-state index contributed by atoms with van der Waals surface area (Å²) in [5.41, 5.74) is 2.82. The maximum absolute atomic E-state index is 12.9. The number of nitrogens with zero attached hydrogens (tertiary/aromatic N) is 2. The molecular formula is C27H33N3O2S. The van der Waals surface area contributed by atoms with Crippen LogP contribution in [0.4, 0.5) is 0 Å². The normalized spacial score (nSPS) is 16.2. The van der Waals surface area contributed by atoms with Crippen molar-refractivity contribution in [3.8, 4) is 0 Å². The van der Waals surface area contributed by atoms with Crippen molar-refractivity contribution in [2.24, 2.45) is 0 Å². The summed E-state index contributed by atoms with van der Waals surface area (Å²) in [6.45, 7) is 6.23. The molecule has 0 radical (unpaired) electrons. The molecule has 1 unspecified atom stereocenters. The van der Waals surface area contributed by atoms with E-state index < -0.39 is 0 Å². The lowest BCUT2D eigenvalue weighted by Gasteiger charge is -2.35. The number of carbonyl (C=O) groups excluding carboxylic acids is 2. The Morgan fingerprint density at radius 3 is 2.70 bits per heavy atom. The Bertz CT molecular complexity index is 1120. The van der Waals surface area contributed by atoms with Crippen molar-refractivity contribution in [3.05, 3.63) is 65.9 Å². The summed E-state index contributed by atoms with van der Waals surface area (Å²) in [5, 5.41) is 4.20. The van der Waals surface area contributed by atoms with Crippen LogP contribution in [0.1, 0.15) is 48.5 Å². The first-order valence-corrected chi connectivity index (χ1v) is 12.9. The second-order valence-corrected chi connectivity index (χ2v) is 9.73. The number of para-hydroxylation sites is 1. The molecule has 174 valence electrons. The van der Waals surface area contributed by atoms with Crippen molar-refractivity contribution >= 4 is 34.5 Å². The van der Waals surface area contributed by atoms with Crippen molar-refractivity contribution in [1.82, 2.24) is 14.8 Å². The third-order valence-electron chi connectivity index (χ3n) is 6.55. The van der Waals surface area contributed by atoms with Crippen molar-refractivity contribution in [2.75, 3.05) is 18.8 Å². The monoisotopic (exact) mass is 463 g/mol. The molecule has 0 aliphatic carbocycles. The molecule has 33 heavy (non-hydrogen) atoms. The number of likely N-dealkylation sites (tertiary alicyclic amines) is 1. The first kappa shape index (κ1) is 23.4. The minimum atomic E-state index is -0.0447. The third-order valence-corrected chi connectivity index (χ3v) is 7.58. The largest absolute Gasteiger partial charge is 0.350 e. The van der Waals surface area contributed by atoms with Crippen molar-refractivity contribution in [1.29, 1.82) is 0 Å². The number of aromatic nitrogens is 1. The zero-order chi connectivity index (χ0) is 23.2. The van der Waals surface area contributed by atoms with Gasteiger partial charge in [-0.05, 0) is 50.3 Å². The lowest BCUT2D eigenvalue weighted by molar-refractivity contribution is -0.132. The van der Waals surface area contributed by atoms with Crippen molar-refractivity contribution in [2.45, 2.75) is 57.0 Å². The van der Waals surface area contributed by atoms with E-state index in [-0.39, 0.29) is 11.8 Å². The summed E-state index contributed by atoms with van der Waals surface area (Å²) >= 11 is 1.62. The minimum absolute atomic E-state index is 0.0447. The van der Waals surface area contributed by atoms with Gasteiger partial charge in [0.2, 0.25) is 5.91 Å². The number of rotatable bonds is 8. The van der Waals surface area contributed by atoms with Crippen LogP contribution in [0.2, 0.25) is 0 Å². The molecule has 1 saturated heterocycles. The number of hydrogen-bond acceptors (Lipinski definition) is 3. The van der Waals surface area contributed by atoms with Gasteiger partial charge in [0.25, 0.3) is 5.91 Å². The molecule has 4 rings (SSSR count). The number of thioether (sulfide) groups is 1. The van der Waals surface area contributed by atoms with Gasteiger partial charge in [-0.2, -0.15) is 0 Å². The van der Waals surface area contributed by atoms with Gasteiger partial charge in [-0.25, -0.2) is 0 Å². The molecule has 1 aliphatic heterocycles. The van der Waals surface area contributed by atoms with Crippen LogP contribution in [0.15, 0.2) is 59.6 Å². The molecule has 2 aromatic carbocycles. The number of aryl methyl sites for hydroxylation is 1. The molecular weight excluding hydrogens is 430 g/mol. The van der Waals surface area contributed by atoms with Gasteiger partial charge in [0, 0.05) is 53.2 Å². The average molecular weight is 464 g/mol. The summed E-state index contributed by atoms with van der Waals surface area (Å²) in [6.07, 6.45) is 6.62. The maximum Gasteiger partial charge on any atom is 0.251 e. The van der Waals surface area contributed by atoms with Crippen LogP contribution in [0.5, 0.6) is 0 Å². The molecule has 2 heterocycles. The van der Waals surface area contributed by atoms with E-state index in [1.54, 1.807) is 11.8 Å². The highest BCUT2D eigenvalue weighted by Crippen LogP contribution is 2.31. The quantitative estimate of drug-likeness (QED) is 0.464. The molecule has 6 heteroatoms. The molecule has 1 aromatic heterocycles. The molecule has 1 N–H and O–H groups in total. The SMILES string of the molecule is CCC1CCCCN1C(=O)CSc1cn(CCNC(=O)c2ccccc2C)c2ccccc12. The molecule has 0 bridgehead atoms. The van der Waals surface area contributed by atoms with Gasteiger partial charge in [0.1, 0.15) is 0 Å². The predicted molar refractivity (Wildman–Crippen MR) is 136 cm³/mol. The van der Waals surface area contributed by atoms with E-state index >= 15 is 0 Å². The van der Waals surface area contributed by atoms with Crippen LogP contribution in [0, 0.1) is 6.92 Å². The van der Waals surface area contributed by atoms with Crippen LogP contribution < -0.4 is 5.32 Å². The zero-order valence-corrected chi connectivity index (χ0v) is 20.4. The van der Waals surface area contributed by atoms with Gasteiger partial charge in [-0.1, -0.05) is 43.3 Å². The van der Waals surface area contributed by atoms with E-state index in [0.717, 1.165) is 47.2 Å². The van der Waals surface area contributed by atoms with Crippen LogP contribution >= 0.6 is 11.8 Å². The molecule has 0 spiro atoms. The van der Waals surface area contributed by atoms with Gasteiger partial charge < -0.3 is 14.8 Å². The van der Waals surface area contributed by atoms with Crippen LogP contribution in [-0.2, 0) is 11.3 Å². The topological polar surface area (TPSA) is 54.3 Å². The fourth-order valence-electron chi connectivity index (χ4n) is 4.70. The highest BCUT2D eigenvalue weighted by Gasteiger charge is 2.25. The number of carbonyl (C=O) groups is 2. The summed E-state index contributed by atoms with van der Waals surface area (Å²) in [6, 6.07) is 16.3. The second-order valence-electron chi connectivity index (χ2n) is 8.71. The smallest absolute Gasteiger partial charge is 0.251 e. The first-order valence-electron chi connectivity index (χ1n) is 11.9. The fraction of sp³-hybridized carbons (Fsp3) is 0.407. The number of piperidine rings is 1. The maximum atomic E-state index is 12.9. The van der Waals surface area contributed by atoms with E-state index in [2.05, 4.69) is 40.0 Å². The van der Waals surface area contributed by atoms with Gasteiger partial charge in [0.05, 0.1) is 5.75 Å². The van der Waals surface area contributed by atoms with Crippen LogP contribution in [0.3, 0.4) is 0 Å². The Morgan fingerprint density at radius 2 is 1.88 bits per heavy atom. The second kappa shape index (κ2) is 10.9. The lowest BCUT2D eigenvalue weighted by Crippen LogP contribution is -2.44. The highest BCUT2D eigenvalue weighted by molar-refractivity contribution is 8.00. The van der Waals surface area contributed by atoms with Gasteiger partial charge >= 0.3 is 0 Å². The fourth-order valence-corrected chi connectivity index (χ4v) is 5.68. The Hall–Kier alpha value is -2.73. The Labute approximate surface area is 200 Å². The van der Waals surface area contributed by atoms with Crippen LogP contribution in [0.25, 0.3) is 10.9 Å². The Morgan fingerprint density at radius 1 is 1.09 bits per heavy atom. The van der Waals surface area contributed by atoms with Gasteiger partial charge in [0.15, 0.2) is 0 Å². The molecule has 1 fully saturated rings. The highest BCUT2D eigenvalue weighted by atomic mass is 32.2. The molecule has 0 saturated carbocycles. The Kier molecular flexibility index (Phi) is 7.76. The number of nitrogens with one attached hydrogen (secondary N) is 1. The van der Waals surface area contributed by atoms with Gasteiger partial charge in [-0.3, -0.25) is 9.59 Å². The minimum Gasteiger partial charge on any atom is -0.350 e. The number of amides is 2. The van der Waals surface area contributed by atoms with E-state index in [1.807, 2.05) is 43.3 Å². The number of benzene rings is 2. The molecule has 1 atom stereocenters. The van der Waals surface area contributed by atoms with E-state index in [0.29, 0.717) is 30.4 Å². The molecule has 5 nitrogen and oxygen atoms in total. The predicted octanol–water partition coefficient (Wildman–Crippen LogP) is 5.26. The lowest BCUT2D eigenvalue weighted by atomic mass is 10.0. The van der Waals surface area contributed by atoms with E-state index in [4.69, 9.17) is 0 Å². The summed E-state index contributed by atoms with van der Waals surface area (Å²) < 4.78 is 2.18. The summed E-state index contributed by atoms with van der Waals surface area (Å²) in [5.74, 6) is 0.666. The Balaban J connectivity index is 1.40. The van der Waals surface area contributed by atoms with E-state index in [9.17, 15) is 9.59 Å². The van der Waals surface area contributed by atoms with Crippen molar-refractivity contribution < 1.29 is 9.59 Å². The molecule has 2 amide bonds. The molecule has 1 aliphatic rings. The average Bonchev–Trinajstić information content (AvgIpc) is 3.20.